The molecule has 1 aromatic rings. The molecule has 1 aromatic heterocycles. The first kappa shape index (κ1) is 13.3. The van der Waals surface area contributed by atoms with E-state index in [4.69, 9.17) is 5.73 Å². The number of anilines is 1. The Morgan fingerprint density at radius 2 is 2.32 bits per heavy atom. The lowest BCUT2D eigenvalue weighted by atomic mass is 10.2. The minimum absolute atomic E-state index is 0.105. The number of oxime groups is 1. The molecular formula is C13H18N4O2. The molecule has 102 valence electrons. The molecule has 0 fully saturated rings. The van der Waals surface area contributed by atoms with Gasteiger partial charge in [0.2, 0.25) is 0 Å². The van der Waals surface area contributed by atoms with Gasteiger partial charge < -0.3 is 15.5 Å². The van der Waals surface area contributed by atoms with E-state index in [-0.39, 0.29) is 5.84 Å². The first-order valence-corrected chi connectivity index (χ1v) is 6.26. The molecule has 0 saturated heterocycles. The highest BCUT2D eigenvalue weighted by molar-refractivity contribution is 5.96. The van der Waals surface area contributed by atoms with Gasteiger partial charge in [0.25, 0.3) is 0 Å². The molecule has 0 spiro atoms. The van der Waals surface area contributed by atoms with Gasteiger partial charge in [-0.1, -0.05) is 5.16 Å². The number of aromatic nitrogens is 1. The Hall–Kier alpha value is -2.11. The maximum Gasteiger partial charge on any atom is 0.332 e. The van der Waals surface area contributed by atoms with Crippen molar-refractivity contribution in [2.75, 3.05) is 11.4 Å². The van der Waals surface area contributed by atoms with Crippen LogP contribution in [0.2, 0.25) is 0 Å². The summed E-state index contributed by atoms with van der Waals surface area (Å²) in [5, 5.41) is 3.55. The summed E-state index contributed by atoms with van der Waals surface area (Å²) in [6.45, 7) is 6.55. The summed E-state index contributed by atoms with van der Waals surface area (Å²) in [5.74, 6) is -0.401. The molecule has 0 aromatic carbocycles. The van der Waals surface area contributed by atoms with E-state index in [0.717, 1.165) is 18.7 Å². The van der Waals surface area contributed by atoms with Crippen molar-refractivity contribution < 1.29 is 9.63 Å². The molecule has 0 amide bonds. The van der Waals surface area contributed by atoms with Gasteiger partial charge in [-0.3, -0.25) is 4.98 Å². The van der Waals surface area contributed by atoms with Gasteiger partial charge in [-0.15, -0.1) is 0 Å². The minimum Gasteiger partial charge on any atom is -0.379 e. The zero-order chi connectivity index (χ0) is 14.0. The minimum atomic E-state index is -0.507. The van der Waals surface area contributed by atoms with Crippen LogP contribution in [0.25, 0.3) is 0 Å². The Bertz CT molecular complexity index is 525. The molecule has 1 aliphatic rings. The Morgan fingerprint density at radius 1 is 1.58 bits per heavy atom. The van der Waals surface area contributed by atoms with E-state index < -0.39 is 5.97 Å². The van der Waals surface area contributed by atoms with Crippen molar-refractivity contribution in [3.8, 4) is 0 Å². The Labute approximate surface area is 112 Å². The molecule has 6 heteroatoms. The second kappa shape index (κ2) is 5.26. The number of fused-ring (bicyclic) bond motifs is 1. The van der Waals surface area contributed by atoms with E-state index in [1.807, 2.05) is 12.3 Å². The molecule has 19 heavy (non-hydrogen) atoms. The fourth-order valence-electron chi connectivity index (χ4n) is 2.13. The molecule has 0 bridgehead atoms. The third kappa shape index (κ3) is 2.83. The molecule has 2 heterocycles. The van der Waals surface area contributed by atoms with Crippen LogP contribution in [0.15, 0.2) is 17.4 Å². The summed E-state index contributed by atoms with van der Waals surface area (Å²) < 4.78 is 0. The first-order valence-electron chi connectivity index (χ1n) is 6.26. The highest BCUT2D eigenvalue weighted by Gasteiger charge is 2.22. The summed E-state index contributed by atoms with van der Waals surface area (Å²) in [6.07, 6.45) is 2.80. The Kier molecular flexibility index (Phi) is 3.69. The highest BCUT2D eigenvalue weighted by Crippen LogP contribution is 2.29. The van der Waals surface area contributed by atoms with Gasteiger partial charge in [-0.2, -0.15) is 0 Å². The molecule has 0 saturated carbocycles. The molecule has 0 atom stereocenters. The number of hydrogen-bond acceptors (Lipinski definition) is 5. The molecule has 1 aliphatic heterocycles. The van der Waals surface area contributed by atoms with Crippen molar-refractivity contribution in [2.24, 2.45) is 10.9 Å². The van der Waals surface area contributed by atoms with Crippen molar-refractivity contribution >= 4 is 17.5 Å². The SMILES string of the molecule is CC(=O)O/N=C(\N)c1cc2c(cn1)CCN2C(C)C. The second-order valence-corrected chi connectivity index (χ2v) is 4.79. The topological polar surface area (TPSA) is 80.8 Å². The number of carbonyl (C=O) groups excluding carboxylic acids is 1. The van der Waals surface area contributed by atoms with Crippen molar-refractivity contribution in [3.05, 3.63) is 23.5 Å². The van der Waals surface area contributed by atoms with Crippen LogP contribution in [0.1, 0.15) is 32.0 Å². The maximum absolute atomic E-state index is 10.7. The summed E-state index contributed by atoms with van der Waals surface area (Å²) in [7, 11) is 0. The van der Waals surface area contributed by atoms with E-state index in [0.29, 0.717) is 11.7 Å². The van der Waals surface area contributed by atoms with Gasteiger partial charge in [0.15, 0.2) is 5.84 Å². The van der Waals surface area contributed by atoms with E-state index in [9.17, 15) is 4.79 Å². The monoisotopic (exact) mass is 262 g/mol. The fourth-order valence-corrected chi connectivity index (χ4v) is 2.13. The van der Waals surface area contributed by atoms with Gasteiger partial charge in [-0.25, -0.2) is 4.79 Å². The quantitative estimate of drug-likeness (QED) is 0.381. The van der Waals surface area contributed by atoms with Gasteiger partial charge in [0, 0.05) is 31.4 Å². The van der Waals surface area contributed by atoms with Gasteiger partial charge in [0.05, 0.1) is 0 Å². The number of rotatable bonds is 3. The number of carbonyl (C=O) groups is 1. The average Bonchev–Trinajstić information content (AvgIpc) is 2.78. The van der Waals surface area contributed by atoms with Crippen LogP contribution in [-0.2, 0) is 16.1 Å². The van der Waals surface area contributed by atoms with E-state index >= 15 is 0 Å². The van der Waals surface area contributed by atoms with Crippen LogP contribution in [0.5, 0.6) is 0 Å². The normalized spacial score (nSPS) is 14.7. The smallest absolute Gasteiger partial charge is 0.332 e. The lowest BCUT2D eigenvalue weighted by molar-refractivity contribution is -0.140. The lowest BCUT2D eigenvalue weighted by Gasteiger charge is -2.24. The van der Waals surface area contributed by atoms with Gasteiger partial charge in [-0.05, 0) is 31.9 Å². The molecule has 6 nitrogen and oxygen atoms in total. The molecule has 0 aliphatic carbocycles. The van der Waals surface area contributed by atoms with Crippen LogP contribution in [0.3, 0.4) is 0 Å². The fraction of sp³-hybridized carbons (Fsp3) is 0.462. The highest BCUT2D eigenvalue weighted by atomic mass is 16.7. The van der Waals surface area contributed by atoms with Crippen LogP contribution in [-0.4, -0.2) is 29.4 Å². The van der Waals surface area contributed by atoms with Crippen molar-refractivity contribution in [3.63, 3.8) is 0 Å². The number of nitrogens with zero attached hydrogens (tertiary/aromatic N) is 3. The standard InChI is InChI=1S/C13H18N4O2/c1-8(2)17-5-4-10-7-15-11(6-12(10)17)13(14)16-19-9(3)18/h6-8H,4-5H2,1-3H3,(H2,14,16). The van der Waals surface area contributed by atoms with Gasteiger partial charge in [0.1, 0.15) is 5.69 Å². The molecule has 2 N–H and O–H groups in total. The molecule has 0 unspecified atom stereocenters. The van der Waals surface area contributed by atoms with Crippen LogP contribution >= 0.6 is 0 Å². The van der Waals surface area contributed by atoms with E-state index in [1.165, 1.54) is 12.5 Å². The third-order valence-electron chi connectivity index (χ3n) is 3.05. The lowest BCUT2D eigenvalue weighted by Crippen LogP contribution is -2.28. The number of nitrogens with two attached hydrogens (primary N) is 1. The number of amidine groups is 1. The number of pyridine rings is 1. The van der Waals surface area contributed by atoms with E-state index in [2.05, 4.69) is 33.7 Å². The van der Waals surface area contributed by atoms with Crippen molar-refractivity contribution in [1.82, 2.24) is 4.98 Å². The second-order valence-electron chi connectivity index (χ2n) is 4.79. The van der Waals surface area contributed by atoms with Gasteiger partial charge >= 0.3 is 5.97 Å². The zero-order valence-corrected chi connectivity index (χ0v) is 11.4. The Balaban J connectivity index is 2.28. The third-order valence-corrected chi connectivity index (χ3v) is 3.05. The average molecular weight is 262 g/mol. The predicted octanol–water partition coefficient (Wildman–Crippen LogP) is 1.04. The largest absolute Gasteiger partial charge is 0.379 e. The van der Waals surface area contributed by atoms with Crippen LogP contribution < -0.4 is 10.6 Å². The van der Waals surface area contributed by atoms with Crippen LogP contribution in [0.4, 0.5) is 5.69 Å². The number of hydrogen-bond donors (Lipinski definition) is 1. The van der Waals surface area contributed by atoms with Crippen molar-refractivity contribution in [1.29, 1.82) is 0 Å². The molecular weight excluding hydrogens is 244 g/mol. The first-order chi connectivity index (χ1) is 8.99. The maximum atomic E-state index is 10.7. The zero-order valence-electron chi connectivity index (χ0n) is 11.4. The van der Waals surface area contributed by atoms with Crippen molar-refractivity contribution in [2.45, 2.75) is 33.2 Å². The molecule has 0 radical (unpaired) electrons. The summed E-state index contributed by atoms with van der Waals surface area (Å²) >= 11 is 0. The van der Waals surface area contributed by atoms with Crippen LogP contribution in [0, 0.1) is 0 Å². The predicted molar refractivity (Wildman–Crippen MR) is 72.9 cm³/mol. The summed E-state index contributed by atoms with van der Waals surface area (Å²) in [6, 6.07) is 2.31. The summed E-state index contributed by atoms with van der Waals surface area (Å²) in [4.78, 5) is 21.8. The van der Waals surface area contributed by atoms with E-state index in [1.54, 1.807) is 0 Å². The molecule has 2 rings (SSSR count). The Morgan fingerprint density at radius 3 is 2.95 bits per heavy atom. The summed E-state index contributed by atoms with van der Waals surface area (Å²) in [5.41, 5.74) is 8.60.